The number of hydrogen-bond donors (Lipinski definition) is 1. The van der Waals surface area contributed by atoms with Gasteiger partial charge in [-0.2, -0.15) is 0 Å². The SMILES string of the molecule is COc1cc2c(cc1N1C[C@@H](C)N[C@@H](C)C1)N(C(=O)Cc1cccc(Cl)c1F)CC2. The molecule has 2 aromatic carbocycles. The summed E-state index contributed by atoms with van der Waals surface area (Å²) in [6, 6.07) is 9.57. The molecule has 0 unspecified atom stereocenters. The van der Waals surface area contributed by atoms with Crippen molar-refractivity contribution in [2.24, 2.45) is 0 Å². The van der Waals surface area contributed by atoms with E-state index in [4.69, 9.17) is 16.3 Å². The maximum atomic E-state index is 14.3. The number of carbonyl (C=O) groups is 1. The van der Waals surface area contributed by atoms with E-state index in [1.54, 1.807) is 24.1 Å². The lowest BCUT2D eigenvalue weighted by Crippen LogP contribution is -2.54. The molecule has 0 aliphatic carbocycles. The maximum absolute atomic E-state index is 14.3. The Morgan fingerprint density at radius 2 is 1.97 bits per heavy atom. The number of amides is 1. The van der Waals surface area contributed by atoms with Crippen molar-refractivity contribution in [1.82, 2.24) is 5.32 Å². The van der Waals surface area contributed by atoms with E-state index in [2.05, 4.69) is 30.1 Å². The van der Waals surface area contributed by atoms with Crippen LogP contribution in [0, 0.1) is 5.82 Å². The second-order valence-corrected chi connectivity index (χ2v) is 8.62. The van der Waals surface area contributed by atoms with Gasteiger partial charge in [0.15, 0.2) is 0 Å². The van der Waals surface area contributed by atoms with Gasteiger partial charge in [0, 0.05) is 37.4 Å². The molecule has 0 saturated carbocycles. The molecule has 4 rings (SSSR count). The van der Waals surface area contributed by atoms with E-state index in [9.17, 15) is 9.18 Å². The van der Waals surface area contributed by atoms with Crippen molar-refractivity contribution in [2.75, 3.05) is 36.5 Å². The zero-order valence-electron chi connectivity index (χ0n) is 17.5. The minimum Gasteiger partial charge on any atom is -0.495 e. The van der Waals surface area contributed by atoms with Gasteiger partial charge >= 0.3 is 0 Å². The highest BCUT2D eigenvalue weighted by molar-refractivity contribution is 6.30. The normalized spacial score (nSPS) is 21.0. The number of benzene rings is 2. The average Bonchev–Trinajstić information content (AvgIpc) is 3.12. The summed E-state index contributed by atoms with van der Waals surface area (Å²) in [5, 5.41) is 3.58. The monoisotopic (exact) mass is 431 g/mol. The molecule has 1 N–H and O–H groups in total. The fourth-order valence-electron chi connectivity index (χ4n) is 4.54. The van der Waals surface area contributed by atoms with E-state index in [1.807, 2.05) is 6.07 Å². The Morgan fingerprint density at radius 3 is 2.67 bits per heavy atom. The molecule has 1 saturated heterocycles. The predicted octanol–water partition coefficient (Wildman–Crippen LogP) is 3.81. The second-order valence-electron chi connectivity index (χ2n) is 8.21. The third-order valence-corrected chi connectivity index (χ3v) is 6.14. The second kappa shape index (κ2) is 8.44. The summed E-state index contributed by atoms with van der Waals surface area (Å²) in [5.41, 5.74) is 3.27. The number of nitrogens with one attached hydrogen (secondary N) is 1. The molecule has 0 bridgehead atoms. The summed E-state index contributed by atoms with van der Waals surface area (Å²) in [5.74, 6) is 0.171. The van der Waals surface area contributed by atoms with Crippen LogP contribution in [0.25, 0.3) is 0 Å². The van der Waals surface area contributed by atoms with Crippen LogP contribution in [-0.2, 0) is 17.6 Å². The van der Waals surface area contributed by atoms with E-state index < -0.39 is 5.82 Å². The lowest BCUT2D eigenvalue weighted by atomic mass is 10.1. The topological polar surface area (TPSA) is 44.8 Å². The molecular weight excluding hydrogens is 405 g/mol. The fraction of sp³-hybridized carbons (Fsp3) is 0.435. The smallest absolute Gasteiger partial charge is 0.231 e. The highest BCUT2D eigenvalue weighted by atomic mass is 35.5. The Labute approximate surface area is 181 Å². The van der Waals surface area contributed by atoms with E-state index in [-0.39, 0.29) is 17.4 Å². The highest BCUT2D eigenvalue weighted by Crippen LogP contribution is 2.40. The quantitative estimate of drug-likeness (QED) is 0.799. The minimum absolute atomic E-state index is 0.0190. The van der Waals surface area contributed by atoms with Crippen molar-refractivity contribution in [3.8, 4) is 5.75 Å². The van der Waals surface area contributed by atoms with Crippen molar-refractivity contribution in [2.45, 2.75) is 38.8 Å². The maximum Gasteiger partial charge on any atom is 0.231 e. The molecule has 2 heterocycles. The first-order chi connectivity index (χ1) is 14.4. The van der Waals surface area contributed by atoms with Crippen molar-refractivity contribution in [3.63, 3.8) is 0 Å². The molecule has 0 aromatic heterocycles. The van der Waals surface area contributed by atoms with Crippen LogP contribution in [0.3, 0.4) is 0 Å². The summed E-state index contributed by atoms with van der Waals surface area (Å²) in [6.45, 7) is 6.63. The van der Waals surface area contributed by atoms with Gasteiger partial charge in [0.1, 0.15) is 11.6 Å². The van der Waals surface area contributed by atoms with Gasteiger partial charge in [-0.1, -0.05) is 23.7 Å². The largest absolute Gasteiger partial charge is 0.495 e. The summed E-state index contributed by atoms with van der Waals surface area (Å²) < 4.78 is 20.0. The van der Waals surface area contributed by atoms with E-state index in [0.717, 1.165) is 42.2 Å². The van der Waals surface area contributed by atoms with Crippen molar-refractivity contribution in [1.29, 1.82) is 0 Å². The molecule has 1 fully saturated rings. The molecule has 160 valence electrons. The molecule has 7 heteroatoms. The van der Waals surface area contributed by atoms with Gasteiger partial charge in [-0.3, -0.25) is 4.79 Å². The molecule has 5 nitrogen and oxygen atoms in total. The molecule has 0 spiro atoms. The number of methoxy groups -OCH3 is 1. The number of rotatable bonds is 4. The van der Waals surface area contributed by atoms with Crippen LogP contribution in [0.1, 0.15) is 25.0 Å². The van der Waals surface area contributed by atoms with Crippen LogP contribution < -0.4 is 19.9 Å². The molecule has 2 aromatic rings. The van der Waals surface area contributed by atoms with E-state index in [0.29, 0.717) is 24.2 Å². The Morgan fingerprint density at radius 1 is 1.23 bits per heavy atom. The number of piperazine rings is 1. The van der Waals surface area contributed by atoms with Gasteiger partial charge in [0.25, 0.3) is 0 Å². The molecule has 2 aliphatic rings. The van der Waals surface area contributed by atoms with Crippen molar-refractivity contribution in [3.05, 3.63) is 52.3 Å². The zero-order chi connectivity index (χ0) is 21.4. The Kier molecular flexibility index (Phi) is 5.89. The van der Waals surface area contributed by atoms with E-state index >= 15 is 0 Å². The molecular formula is C23H27ClFN3O2. The third kappa shape index (κ3) is 3.98. The van der Waals surface area contributed by atoms with Crippen LogP contribution in [0.4, 0.5) is 15.8 Å². The van der Waals surface area contributed by atoms with E-state index in [1.165, 1.54) is 6.07 Å². The number of carbonyl (C=O) groups excluding carboxylic acids is 1. The van der Waals surface area contributed by atoms with Crippen LogP contribution in [0.5, 0.6) is 5.75 Å². The summed E-state index contributed by atoms with van der Waals surface area (Å²) >= 11 is 5.88. The average molecular weight is 432 g/mol. The van der Waals surface area contributed by atoms with Gasteiger partial charge in [0.2, 0.25) is 5.91 Å². The standard InChI is InChI=1S/C23H27ClFN3O2/c1-14-12-27(13-15(2)26-14)20-11-19-16(9-21(20)30-3)7-8-28(19)22(29)10-17-5-4-6-18(24)23(17)25/h4-6,9,11,14-15,26H,7-8,10,12-13H2,1-3H3/t14-,15+. The summed E-state index contributed by atoms with van der Waals surface area (Å²) in [7, 11) is 1.68. The van der Waals surface area contributed by atoms with Gasteiger partial charge in [0.05, 0.1) is 24.2 Å². The first-order valence-electron chi connectivity index (χ1n) is 10.3. The first kappa shape index (κ1) is 20.9. The zero-order valence-corrected chi connectivity index (χ0v) is 18.3. The van der Waals surface area contributed by atoms with Crippen LogP contribution in [0.2, 0.25) is 5.02 Å². The number of hydrogen-bond acceptors (Lipinski definition) is 4. The number of anilines is 2. The molecule has 1 amide bonds. The summed E-state index contributed by atoms with van der Waals surface area (Å²) in [6.07, 6.45) is 0.735. The van der Waals surface area contributed by atoms with Gasteiger partial charge in [-0.05, 0) is 49.6 Å². The molecule has 2 atom stereocenters. The third-order valence-electron chi connectivity index (χ3n) is 5.85. The highest BCUT2D eigenvalue weighted by Gasteiger charge is 2.30. The molecule has 2 aliphatic heterocycles. The minimum atomic E-state index is -0.522. The Bertz CT molecular complexity index is 958. The molecule has 0 radical (unpaired) electrons. The fourth-order valence-corrected chi connectivity index (χ4v) is 4.73. The Balaban J connectivity index is 1.63. The van der Waals surface area contributed by atoms with Crippen molar-refractivity contribution >= 4 is 28.9 Å². The lowest BCUT2D eigenvalue weighted by Gasteiger charge is -2.38. The first-order valence-corrected chi connectivity index (χ1v) is 10.7. The summed E-state index contributed by atoms with van der Waals surface area (Å²) in [4.78, 5) is 17.1. The van der Waals surface area contributed by atoms with Gasteiger partial charge in [-0.15, -0.1) is 0 Å². The number of nitrogens with zero attached hydrogens (tertiary/aromatic N) is 2. The number of fused-ring (bicyclic) bond motifs is 1. The van der Waals surface area contributed by atoms with Gasteiger partial charge < -0.3 is 19.9 Å². The van der Waals surface area contributed by atoms with Gasteiger partial charge in [-0.25, -0.2) is 4.39 Å². The van der Waals surface area contributed by atoms with Crippen LogP contribution in [0.15, 0.2) is 30.3 Å². The van der Waals surface area contributed by atoms with Crippen molar-refractivity contribution < 1.29 is 13.9 Å². The lowest BCUT2D eigenvalue weighted by molar-refractivity contribution is -0.117. The van der Waals surface area contributed by atoms with Crippen LogP contribution in [-0.4, -0.2) is 44.7 Å². The number of halogens is 2. The Hall–Kier alpha value is -2.31. The van der Waals surface area contributed by atoms with Crippen LogP contribution >= 0.6 is 11.6 Å². The number of ether oxygens (including phenoxy) is 1. The predicted molar refractivity (Wildman–Crippen MR) is 118 cm³/mol. The molecule has 30 heavy (non-hydrogen) atoms.